The number of methoxy groups -OCH3 is 1. The lowest BCUT2D eigenvalue weighted by atomic mass is 9.81. The molecule has 6 N–H and O–H groups in total. The molecule has 1 fully saturated rings. The second-order valence-electron chi connectivity index (χ2n) is 17.7. The summed E-state index contributed by atoms with van der Waals surface area (Å²) in [5.74, 6) is -1.26. The normalized spacial score (nSPS) is 15.7. The summed E-state index contributed by atoms with van der Waals surface area (Å²) in [6.07, 6.45) is 0.396. The van der Waals surface area contributed by atoms with Gasteiger partial charge in [-0.3, -0.25) is 14.6 Å². The number of amides is 5. The average Bonchev–Trinajstić information content (AvgIpc) is 3.55. The zero-order chi connectivity index (χ0) is 43.6. The maximum Gasteiger partial charge on any atom is 0.407 e. The second kappa shape index (κ2) is 19.9. The lowest BCUT2D eigenvalue weighted by Gasteiger charge is -2.39. The van der Waals surface area contributed by atoms with Gasteiger partial charge in [0.25, 0.3) is 0 Å². The molecule has 13 nitrogen and oxygen atoms in total. The Kier molecular flexibility index (Phi) is 14.9. The maximum absolute atomic E-state index is 14.9. The number of benzene rings is 3. The zero-order valence-corrected chi connectivity index (χ0v) is 35.9. The number of nitrogens with two attached hydrogens (primary N) is 1. The van der Waals surface area contributed by atoms with Gasteiger partial charge in [0.05, 0.1) is 24.9 Å². The van der Waals surface area contributed by atoms with E-state index < -0.39 is 58.9 Å². The fourth-order valence-electron chi connectivity index (χ4n) is 7.84. The molecule has 0 saturated carbocycles. The van der Waals surface area contributed by atoms with Gasteiger partial charge in [-0.25, -0.2) is 9.59 Å². The Hall–Kier alpha value is -5.95. The molecule has 60 heavy (non-hydrogen) atoms. The van der Waals surface area contributed by atoms with Crippen molar-refractivity contribution < 1.29 is 29.0 Å². The summed E-state index contributed by atoms with van der Waals surface area (Å²) in [4.78, 5) is 62.3. The lowest BCUT2D eigenvalue weighted by molar-refractivity contribution is -0.131. The van der Waals surface area contributed by atoms with Crippen LogP contribution in [-0.4, -0.2) is 94.8 Å². The van der Waals surface area contributed by atoms with E-state index in [0.717, 1.165) is 27.9 Å². The summed E-state index contributed by atoms with van der Waals surface area (Å²) in [5.41, 5.74) is 9.87. The van der Waals surface area contributed by atoms with E-state index in [4.69, 9.17) is 10.5 Å². The molecule has 0 spiro atoms. The van der Waals surface area contributed by atoms with Gasteiger partial charge in [0.15, 0.2) is 0 Å². The molecule has 1 saturated heterocycles. The van der Waals surface area contributed by atoms with Gasteiger partial charge < -0.3 is 41.3 Å². The smallest absolute Gasteiger partial charge is 0.407 e. The number of rotatable bonds is 16. The van der Waals surface area contributed by atoms with Crippen LogP contribution in [0, 0.1) is 10.8 Å². The van der Waals surface area contributed by atoms with Crippen molar-refractivity contribution in [2.75, 3.05) is 32.5 Å². The number of urea groups is 1. The standard InChI is InChI=1S/C47H61N7O6/c1-46(2,3)40(52-44(58)60-7)42(56)50-25-23-38(55)39(36(33-15-9-8-10-16-33)29-31-19-21-34(22-20-31)37-18-11-12-24-49-37)51-43(57)41(47(4,5)6)54-27-26-53(45(54)59)30-32-14-13-17-35(48)28-32/h8-22,24,28,36,38-41,55H,23,25-27,29-30,48H2,1-7H3,(H,50,56)(H,51,57)(H,52,58). The number of carbonyl (C=O) groups is 4. The number of aliphatic hydroxyl groups excluding tert-OH is 1. The fraction of sp³-hybridized carbons (Fsp3) is 0.426. The lowest BCUT2D eigenvalue weighted by Crippen LogP contribution is -2.59. The van der Waals surface area contributed by atoms with Crippen molar-refractivity contribution in [2.45, 2.75) is 91.1 Å². The molecular weight excluding hydrogens is 759 g/mol. The summed E-state index contributed by atoms with van der Waals surface area (Å²) in [6.45, 7) is 12.4. The first kappa shape index (κ1) is 45.1. The SMILES string of the molecule is COC(=O)NC(C(=O)NCCC(O)C(NC(=O)C(N1CCN(Cc2cccc(N)c2)C1=O)C(C)(C)C)C(Cc1ccc(-c2ccccn2)cc1)c1ccccc1)C(C)(C)C. The first-order chi connectivity index (χ1) is 28.5. The summed E-state index contributed by atoms with van der Waals surface area (Å²) in [7, 11) is 1.23. The van der Waals surface area contributed by atoms with Crippen LogP contribution in [0.5, 0.6) is 0 Å². The van der Waals surface area contributed by atoms with Crippen LogP contribution in [0.15, 0.2) is 103 Å². The van der Waals surface area contributed by atoms with Crippen molar-refractivity contribution in [3.8, 4) is 11.3 Å². The largest absolute Gasteiger partial charge is 0.453 e. The zero-order valence-electron chi connectivity index (χ0n) is 35.9. The minimum absolute atomic E-state index is 0.0500. The minimum Gasteiger partial charge on any atom is -0.453 e. The molecule has 2 heterocycles. The van der Waals surface area contributed by atoms with Gasteiger partial charge in [0.1, 0.15) is 12.1 Å². The molecule has 4 aromatic rings. The van der Waals surface area contributed by atoms with Gasteiger partial charge in [0.2, 0.25) is 11.8 Å². The van der Waals surface area contributed by atoms with E-state index in [1.165, 1.54) is 7.11 Å². The maximum atomic E-state index is 14.9. The van der Waals surface area contributed by atoms with Gasteiger partial charge in [0, 0.05) is 49.5 Å². The van der Waals surface area contributed by atoms with E-state index in [0.29, 0.717) is 31.7 Å². The number of nitrogens with one attached hydrogen (secondary N) is 3. The van der Waals surface area contributed by atoms with E-state index in [1.54, 1.807) is 22.1 Å². The molecule has 1 aliphatic heterocycles. The molecule has 3 aromatic carbocycles. The molecule has 1 aliphatic rings. The third kappa shape index (κ3) is 11.8. The van der Waals surface area contributed by atoms with E-state index >= 15 is 0 Å². The van der Waals surface area contributed by atoms with Gasteiger partial charge in [-0.05, 0) is 64.6 Å². The van der Waals surface area contributed by atoms with E-state index in [9.17, 15) is 24.3 Å². The molecule has 13 heteroatoms. The number of nitrogens with zero attached hydrogens (tertiary/aromatic N) is 3. The molecule has 1 aromatic heterocycles. The van der Waals surface area contributed by atoms with Crippen molar-refractivity contribution in [2.24, 2.45) is 10.8 Å². The number of nitrogen functional groups attached to an aromatic ring is 1. The highest BCUT2D eigenvalue weighted by atomic mass is 16.5. The van der Waals surface area contributed by atoms with Crippen molar-refractivity contribution in [1.82, 2.24) is 30.7 Å². The summed E-state index contributed by atoms with van der Waals surface area (Å²) in [5, 5.41) is 21.0. The number of hydrogen-bond donors (Lipinski definition) is 5. The number of aromatic nitrogens is 1. The van der Waals surface area contributed by atoms with Gasteiger partial charge in [-0.15, -0.1) is 0 Å². The first-order valence-corrected chi connectivity index (χ1v) is 20.5. The molecular formula is C47H61N7O6. The van der Waals surface area contributed by atoms with Crippen molar-refractivity contribution in [3.63, 3.8) is 0 Å². The first-order valence-electron chi connectivity index (χ1n) is 20.5. The van der Waals surface area contributed by atoms with Crippen LogP contribution in [0.1, 0.15) is 70.6 Å². The topological polar surface area (TPSA) is 179 Å². The molecule has 5 unspecified atom stereocenters. The highest BCUT2D eigenvalue weighted by Gasteiger charge is 2.45. The van der Waals surface area contributed by atoms with Crippen LogP contribution in [0.3, 0.4) is 0 Å². The predicted octanol–water partition coefficient (Wildman–Crippen LogP) is 6.13. The number of ether oxygens (including phenoxy) is 1. The van der Waals surface area contributed by atoms with Gasteiger partial charge >= 0.3 is 12.1 Å². The highest BCUT2D eigenvalue weighted by molar-refractivity contribution is 5.89. The van der Waals surface area contributed by atoms with Gasteiger partial charge in [-0.2, -0.15) is 0 Å². The van der Waals surface area contributed by atoms with E-state index in [2.05, 4.69) is 20.9 Å². The Labute approximate surface area is 354 Å². The Morgan fingerprint density at radius 3 is 2.15 bits per heavy atom. The van der Waals surface area contributed by atoms with Crippen LogP contribution >= 0.6 is 0 Å². The number of anilines is 1. The third-order valence-electron chi connectivity index (χ3n) is 10.9. The minimum atomic E-state index is -1.15. The number of aliphatic hydroxyl groups is 1. The quantitative estimate of drug-likeness (QED) is 0.0838. The monoisotopic (exact) mass is 819 g/mol. The van der Waals surface area contributed by atoms with Crippen molar-refractivity contribution in [3.05, 3.63) is 120 Å². The highest BCUT2D eigenvalue weighted by Crippen LogP contribution is 2.32. The van der Waals surface area contributed by atoms with Crippen LogP contribution in [0.25, 0.3) is 11.3 Å². The summed E-state index contributed by atoms with van der Waals surface area (Å²) >= 11 is 0. The Morgan fingerprint density at radius 2 is 1.53 bits per heavy atom. The number of alkyl carbamates (subject to hydrolysis) is 1. The van der Waals surface area contributed by atoms with Crippen molar-refractivity contribution >= 4 is 29.6 Å². The van der Waals surface area contributed by atoms with Crippen molar-refractivity contribution in [1.29, 1.82) is 0 Å². The summed E-state index contributed by atoms with van der Waals surface area (Å²) < 4.78 is 4.76. The average molecular weight is 820 g/mol. The third-order valence-corrected chi connectivity index (χ3v) is 10.9. The van der Waals surface area contributed by atoms with Crippen LogP contribution < -0.4 is 21.7 Å². The van der Waals surface area contributed by atoms with Gasteiger partial charge in [-0.1, -0.05) is 114 Å². The van der Waals surface area contributed by atoms with E-state index in [1.807, 2.05) is 133 Å². The number of pyridine rings is 1. The molecule has 0 bridgehead atoms. The Balaban J connectivity index is 1.45. The van der Waals surface area contributed by atoms with E-state index in [-0.39, 0.29) is 19.0 Å². The molecule has 0 aliphatic carbocycles. The molecule has 0 radical (unpaired) electrons. The fourth-order valence-corrected chi connectivity index (χ4v) is 7.84. The van der Waals surface area contributed by atoms with Crippen LogP contribution in [0.4, 0.5) is 15.3 Å². The molecule has 320 valence electrons. The molecule has 5 amide bonds. The van der Waals surface area contributed by atoms with Crippen LogP contribution in [-0.2, 0) is 27.3 Å². The number of carbonyl (C=O) groups excluding carboxylic acids is 4. The van der Waals surface area contributed by atoms with Crippen LogP contribution in [0.2, 0.25) is 0 Å². The second-order valence-corrected chi connectivity index (χ2v) is 17.7. The number of hydrogen-bond acceptors (Lipinski definition) is 8. The Bertz CT molecular complexity index is 2050. The molecule has 5 rings (SSSR count). The summed E-state index contributed by atoms with van der Waals surface area (Å²) in [6, 6.07) is 28.1. The molecule has 5 atom stereocenters. The predicted molar refractivity (Wildman–Crippen MR) is 234 cm³/mol. The Morgan fingerprint density at radius 1 is 0.833 bits per heavy atom.